The fraction of sp³-hybridized carbons (Fsp3) is 0.200. The molecule has 2 atom stereocenters. The zero-order chi connectivity index (χ0) is 26.4. The van der Waals surface area contributed by atoms with Gasteiger partial charge in [0.15, 0.2) is 17.3 Å². The summed E-state index contributed by atoms with van der Waals surface area (Å²) in [4.78, 5) is 27.6. The molecule has 0 bridgehead atoms. The van der Waals surface area contributed by atoms with Crippen molar-refractivity contribution in [3.05, 3.63) is 116 Å². The molecule has 0 spiro atoms. The highest BCUT2D eigenvalue weighted by molar-refractivity contribution is 9.10. The van der Waals surface area contributed by atoms with Crippen molar-refractivity contribution < 1.29 is 14.3 Å². The van der Waals surface area contributed by atoms with Gasteiger partial charge in [-0.3, -0.25) is 14.7 Å². The third-order valence-electron chi connectivity index (χ3n) is 7.38. The quantitative estimate of drug-likeness (QED) is 0.311. The maximum Gasteiger partial charge on any atom is 0.277 e. The first-order valence-corrected chi connectivity index (χ1v) is 13.2. The van der Waals surface area contributed by atoms with E-state index >= 15 is 0 Å². The van der Waals surface area contributed by atoms with E-state index in [2.05, 4.69) is 26.3 Å². The zero-order valence-electron chi connectivity index (χ0n) is 21.0. The van der Waals surface area contributed by atoms with Crippen LogP contribution in [-0.4, -0.2) is 29.8 Å². The lowest BCUT2D eigenvalue weighted by Gasteiger charge is -2.34. The number of Topliss-reactive ketones (excluding diaryl/α,β-unsaturated/α-hetero) is 1. The van der Waals surface area contributed by atoms with Gasteiger partial charge in [0.05, 0.1) is 25.5 Å². The van der Waals surface area contributed by atoms with E-state index in [-0.39, 0.29) is 17.3 Å². The monoisotopic (exact) mass is 571 g/mol. The first-order valence-electron chi connectivity index (χ1n) is 12.4. The molecule has 3 aromatic carbocycles. The highest BCUT2D eigenvalue weighted by Gasteiger charge is 2.41. The number of hydrogen-bond acceptors (Lipinski definition) is 5. The van der Waals surface area contributed by atoms with Gasteiger partial charge in [-0.15, -0.1) is 0 Å². The van der Waals surface area contributed by atoms with Crippen LogP contribution in [0.5, 0.6) is 11.5 Å². The molecule has 0 saturated heterocycles. The highest BCUT2D eigenvalue weighted by Crippen LogP contribution is 2.47. The number of rotatable bonds is 5. The Morgan fingerprint density at radius 2 is 1.58 bits per heavy atom. The molecule has 2 aliphatic rings. The Bertz CT molecular complexity index is 1620. The maximum atomic E-state index is 13.9. The minimum absolute atomic E-state index is 0.0314. The van der Waals surface area contributed by atoms with Gasteiger partial charge in [0.2, 0.25) is 0 Å². The van der Waals surface area contributed by atoms with Crippen molar-refractivity contribution in [3.8, 4) is 17.2 Å². The number of aromatic nitrogens is 2. The molecule has 8 heteroatoms. The normalized spacial score (nSPS) is 18.4. The fourth-order valence-corrected chi connectivity index (χ4v) is 5.85. The van der Waals surface area contributed by atoms with Crippen LogP contribution in [0.3, 0.4) is 0 Å². The Balaban J connectivity index is 1.47. The highest BCUT2D eigenvalue weighted by atomic mass is 79.9. The van der Waals surface area contributed by atoms with Crippen LogP contribution >= 0.6 is 15.9 Å². The van der Waals surface area contributed by atoms with Crippen LogP contribution in [0.1, 0.15) is 41.4 Å². The number of carbonyl (C=O) groups excluding carboxylic acids is 1. The summed E-state index contributed by atoms with van der Waals surface area (Å²) in [6.07, 6.45) is 0.969. The molecule has 1 aliphatic heterocycles. The number of aromatic amines is 1. The predicted molar refractivity (Wildman–Crippen MR) is 150 cm³/mol. The van der Waals surface area contributed by atoms with Crippen LogP contribution < -0.4 is 20.3 Å². The van der Waals surface area contributed by atoms with Crippen LogP contribution in [0.2, 0.25) is 0 Å². The minimum Gasteiger partial charge on any atom is -0.493 e. The molecule has 7 nitrogen and oxygen atoms in total. The van der Waals surface area contributed by atoms with Crippen molar-refractivity contribution in [3.63, 3.8) is 0 Å². The second-order valence-corrected chi connectivity index (χ2v) is 10.4. The second-order valence-electron chi connectivity index (χ2n) is 9.52. The minimum atomic E-state index is -0.470. The number of ketones is 1. The molecule has 2 N–H and O–H groups in total. The molecule has 0 radical (unpaired) electrons. The number of ether oxygens (including phenoxy) is 2. The third-order valence-corrected chi connectivity index (χ3v) is 7.91. The predicted octanol–water partition coefficient (Wildman–Crippen LogP) is 5.90. The fourth-order valence-electron chi connectivity index (χ4n) is 5.58. The molecule has 0 amide bonds. The average molecular weight is 572 g/mol. The summed E-state index contributed by atoms with van der Waals surface area (Å²) in [6, 6.07) is 23.1. The third kappa shape index (κ3) is 4.05. The number of fused-ring (bicyclic) bond motifs is 1. The number of halogens is 1. The maximum absolute atomic E-state index is 13.9. The van der Waals surface area contributed by atoms with E-state index in [9.17, 15) is 9.59 Å². The molecule has 4 aromatic rings. The molecule has 1 aromatic heterocycles. The molecule has 0 saturated carbocycles. The van der Waals surface area contributed by atoms with Gasteiger partial charge >= 0.3 is 0 Å². The number of H-pyrrole nitrogens is 1. The van der Waals surface area contributed by atoms with Crippen LogP contribution in [0.25, 0.3) is 5.69 Å². The van der Waals surface area contributed by atoms with E-state index in [1.807, 2.05) is 72.8 Å². The number of anilines is 1. The van der Waals surface area contributed by atoms with Gasteiger partial charge in [-0.05, 0) is 59.9 Å². The number of benzene rings is 3. The van der Waals surface area contributed by atoms with Gasteiger partial charge in [-0.1, -0.05) is 52.3 Å². The first kappa shape index (κ1) is 24.3. The molecule has 6 rings (SSSR count). The second kappa shape index (κ2) is 9.68. The summed E-state index contributed by atoms with van der Waals surface area (Å²) in [7, 11) is 3.21. The Morgan fingerprint density at radius 1 is 0.868 bits per heavy atom. The smallest absolute Gasteiger partial charge is 0.277 e. The number of para-hydroxylation sites is 1. The van der Waals surface area contributed by atoms with Gasteiger partial charge in [0.25, 0.3) is 5.56 Å². The number of nitrogens with zero attached hydrogens (tertiary/aromatic N) is 1. The van der Waals surface area contributed by atoms with Crippen molar-refractivity contribution in [1.82, 2.24) is 9.78 Å². The summed E-state index contributed by atoms with van der Waals surface area (Å²) < 4.78 is 13.4. The summed E-state index contributed by atoms with van der Waals surface area (Å²) in [5.74, 6) is 1.42. The van der Waals surface area contributed by atoms with Gasteiger partial charge in [0.1, 0.15) is 5.82 Å². The SMILES string of the molecule is COc1ccc(C2CC(=O)C3=C(C2)Nc2[nH]n(-c4ccccc4)c(=O)c2C3c2ccc(Br)cc2)cc1OC. The largest absolute Gasteiger partial charge is 0.493 e. The summed E-state index contributed by atoms with van der Waals surface area (Å²) in [6.45, 7) is 0. The van der Waals surface area contributed by atoms with Gasteiger partial charge < -0.3 is 14.8 Å². The number of allylic oxidation sites excluding steroid dienone is 2. The summed E-state index contributed by atoms with van der Waals surface area (Å²) in [5.41, 5.74) is 4.51. The summed E-state index contributed by atoms with van der Waals surface area (Å²) >= 11 is 3.50. The Labute approximate surface area is 228 Å². The standard InChI is InChI=1S/C30H26BrN3O4/c1-37-24-13-10-18(16-25(24)38-2)19-14-22-27(23(35)15-19)26(17-8-11-20(31)12-9-17)28-29(32-22)33-34(30(28)36)21-6-4-3-5-7-21/h3-13,16,19,26,32-33H,14-15H2,1-2H3. The topological polar surface area (TPSA) is 85.4 Å². The van der Waals surface area contributed by atoms with Crippen LogP contribution in [-0.2, 0) is 4.79 Å². The Morgan fingerprint density at radius 3 is 2.29 bits per heavy atom. The molecule has 38 heavy (non-hydrogen) atoms. The average Bonchev–Trinajstić information content (AvgIpc) is 3.28. The zero-order valence-corrected chi connectivity index (χ0v) is 22.5. The van der Waals surface area contributed by atoms with Gasteiger partial charge in [0, 0.05) is 28.1 Å². The van der Waals surface area contributed by atoms with E-state index in [0.29, 0.717) is 41.3 Å². The molecule has 0 fully saturated rings. The van der Waals surface area contributed by atoms with E-state index in [0.717, 1.165) is 27.0 Å². The van der Waals surface area contributed by atoms with Crippen molar-refractivity contribution in [2.24, 2.45) is 0 Å². The van der Waals surface area contributed by atoms with Crippen molar-refractivity contribution in [2.45, 2.75) is 24.7 Å². The van der Waals surface area contributed by atoms with Gasteiger partial charge in [-0.25, -0.2) is 4.68 Å². The lowest BCUT2D eigenvalue weighted by atomic mass is 9.73. The molecule has 1 aliphatic carbocycles. The molecular formula is C30H26BrN3O4. The van der Waals surface area contributed by atoms with Crippen LogP contribution in [0, 0.1) is 0 Å². The number of carbonyl (C=O) groups is 1. The van der Waals surface area contributed by atoms with Crippen LogP contribution in [0.4, 0.5) is 5.82 Å². The number of hydrogen-bond donors (Lipinski definition) is 2. The molecule has 2 unspecified atom stereocenters. The number of methoxy groups -OCH3 is 2. The lowest BCUT2D eigenvalue weighted by molar-refractivity contribution is -0.116. The van der Waals surface area contributed by atoms with Crippen molar-refractivity contribution >= 4 is 27.5 Å². The van der Waals surface area contributed by atoms with E-state index < -0.39 is 5.92 Å². The molecule has 192 valence electrons. The number of nitrogens with one attached hydrogen (secondary N) is 2. The van der Waals surface area contributed by atoms with E-state index in [1.165, 1.54) is 4.68 Å². The summed E-state index contributed by atoms with van der Waals surface area (Å²) in [5, 5.41) is 6.71. The van der Waals surface area contributed by atoms with Crippen molar-refractivity contribution in [1.29, 1.82) is 0 Å². The Kier molecular flexibility index (Phi) is 6.19. The van der Waals surface area contributed by atoms with Crippen LogP contribution in [0.15, 0.2) is 93.3 Å². The van der Waals surface area contributed by atoms with E-state index in [4.69, 9.17) is 9.47 Å². The van der Waals surface area contributed by atoms with Gasteiger partial charge in [-0.2, -0.15) is 0 Å². The first-order chi connectivity index (χ1) is 18.5. The molecular weight excluding hydrogens is 546 g/mol. The van der Waals surface area contributed by atoms with E-state index in [1.54, 1.807) is 14.2 Å². The van der Waals surface area contributed by atoms with Crippen molar-refractivity contribution in [2.75, 3.05) is 19.5 Å². The lowest BCUT2D eigenvalue weighted by Crippen LogP contribution is -2.32. The molecule has 2 heterocycles. The Hall–Kier alpha value is -4.04.